The molecule has 0 bridgehead atoms. The molecule has 0 aromatic heterocycles. The van der Waals surface area contributed by atoms with Crippen LogP contribution >= 0.6 is 11.8 Å². The molecule has 6 heteroatoms. The summed E-state index contributed by atoms with van der Waals surface area (Å²) in [4.78, 5) is 3.61. The fourth-order valence-corrected chi connectivity index (χ4v) is 6.62. The normalized spacial score (nSPS) is 19.7. The first-order valence-electron chi connectivity index (χ1n) is 11.8. The lowest BCUT2D eigenvalue weighted by atomic mass is 9.72. The van der Waals surface area contributed by atoms with Crippen LogP contribution in [0.5, 0.6) is 0 Å². The van der Waals surface area contributed by atoms with Crippen molar-refractivity contribution in [3.05, 3.63) is 101 Å². The van der Waals surface area contributed by atoms with Gasteiger partial charge in [-0.1, -0.05) is 24.3 Å². The molecule has 2 heterocycles. The molecule has 0 aliphatic carbocycles. The van der Waals surface area contributed by atoms with Gasteiger partial charge in [0.1, 0.15) is 23.1 Å². The maximum absolute atomic E-state index is 13.7. The lowest BCUT2D eigenvalue weighted by Crippen LogP contribution is -2.45. The van der Waals surface area contributed by atoms with E-state index in [1.807, 2.05) is 6.07 Å². The highest BCUT2D eigenvalue weighted by Crippen LogP contribution is 2.42. The van der Waals surface area contributed by atoms with Crippen molar-refractivity contribution in [2.75, 3.05) is 25.4 Å². The van der Waals surface area contributed by atoms with Crippen LogP contribution in [0.1, 0.15) is 29.5 Å². The van der Waals surface area contributed by atoms with E-state index < -0.39 is 5.60 Å². The van der Waals surface area contributed by atoms with E-state index in [1.165, 1.54) is 35.2 Å². The summed E-state index contributed by atoms with van der Waals surface area (Å²) in [7, 11) is 0. The molecule has 0 saturated carbocycles. The molecule has 2 aliphatic heterocycles. The highest BCUT2D eigenvalue weighted by molar-refractivity contribution is 7.99. The van der Waals surface area contributed by atoms with E-state index in [4.69, 9.17) is 0 Å². The van der Waals surface area contributed by atoms with Crippen LogP contribution in [0.15, 0.2) is 71.6 Å². The van der Waals surface area contributed by atoms with Gasteiger partial charge in [0.2, 0.25) is 0 Å². The highest BCUT2D eigenvalue weighted by Gasteiger charge is 2.42. The second kappa shape index (κ2) is 9.76. The fraction of sp³-hybridized carbons (Fsp3) is 0.357. The van der Waals surface area contributed by atoms with Crippen LogP contribution in [-0.4, -0.2) is 35.4 Å². The zero-order chi connectivity index (χ0) is 23.7. The monoisotopic (exact) mass is 483 g/mol. The van der Waals surface area contributed by atoms with Crippen molar-refractivity contribution in [1.82, 2.24) is 4.90 Å². The maximum Gasteiger partial charge on any atom is 0.123 e. The average Bonchev–Trinajstić information content (AvgIpc) is 2.85. The van der Waals surface area contributed by atoms with Gasteiger partial charge < -0.3 is 10.0 Å². The molecule has 1 fully saturated rings. The largest absolute Gasteiger partial charge is 0.380 e. The molecular weight excluding hydrogens is 455 g/mol. The average molecular weight is 484 g/mol. The van der Waals surface area contributed by atoms with Gasteiger partial charge in [-0.3, -0.25) is 0 Å². The van der Waals surface area contributed by atoms with Gasteiger partial charge in [-0.15, -0.1) is 11.8 Å². The minimum atomic E-state index is -1.31. The van der Waals surface area contributed by atoms with Crippen LogP contribution in [0.4, 0.5) is 13.2 Å². The van der Waals surface area contributed by atoms with Crippen molar-refractivity contribution in [2.24, 2.45) is 11.8 Å². The van der Waals surface area contributed by atoms with Gasteiger partial charge in [0.25, 0.3) is 0 Å². The summed E-state index contributed by atoms with van der Waals surface area (Å²) >= 11 is 1.80. The third-order valence-corrected chi connectivity index (χ3v) is 8.62. The lowest BCUT2D eigenvalue weighted by Gasteiger charge is -2.43. The van der Waals surface area contributed by atoms with Crippen molar-refractivity contribution in [1.29, 1.82) is 0 Å². The van der Waals surface area contributed by atoms with E-state index in [9.17, 15) is 18.3 Å². The van der Waals surface area contributed by atoms with Gasteiger partial charge >= 0.3 is 0 Å². The molecule has 2 aliphatic rings. The van der Waals surface area contributed by atoms with Gasteiger partial charge in [-0.05, 0) is 103 Å². The Labute approximate surface area is 202 Å². The fourth-order valence-electron chi connectivity index (χ4n) is 5.49. The molecule has 178 valence electrons. The third kappa shape index (κ3) is 4.77. The number of hydrogen-bond donors (Lipinski definition) is 1. The molecule has 3 aromatic carbocycles. The third-order valence-electron chi connectivity index (χ3n) is 7.27. The van der Waals surface area contributed by atoms with Crippen molar-refractivity contribution in [3.63, 3.8) is 0 Å². The van der Waals surface area contributed by atoms with Gasteiger partial charge in [0.05, 0.1) is 0 Å². The molecule has 0 amide bonds. The number of likely N-dealkylation sites (tertiary alicyclic amines) is 1. The Morgan fingerprint density at radius 3 is 1.97 bits per heavy atom. The van der Waals surface area contributed by atoms with Gasteiger partial charge in [0.15, 0.2) is 0 Å². The van der Waals surface area contributed by atoms with Crippen molar-refractivity contribution < 1.29 is 18.3 Å². The zero-order valence-electron chi connectivity index (χ0n) is 18.9. The van der Waals surface area contributed by atoms with Gasteiger partial charge in [-0.2, -0.15) is 0 Å². The Morgan fingerprint density at radius 1 is 0.824 bits per heavy atom. The number of hydrogen-bond acceptors (Lipinski definition) is 3. The number of halogens is 3. The SMILES string of the molecule is OC(c1ccc(F)cc1)(c1ccc(F)cc1)C1CCN(CC2CSc3ccc(F)cc3C2)CC1. The number of nitrogens with zero attached hydrogens (tertiary/aromatic N) is 1. The maximum atomic E-state index is 13.7. The van der Waals surface area contributed by atoms with E-state index >= 15 is 0 Å². The number of aliphatic hydroxyl groups is 1. The van der Waals surface area contributed by atoms with Crippen molar-refractivity contribution >= 4 is 11.8 Å². The summed E-state index contributed by atoms with van der Waals surface area (Å²) in [6, 6.07) is 17.0. The Kier molecular flexibility index (Phi) is 6.74. The summed E-state index contributed by atoms with van der Waals surface area (Å²) in [5.41, 5.74) is 1.03. The van der Waals surface area contributed by atoms with Gasteiger partial charge in [-0.25, -0.2) is 13.2 Å². The standard InChI is InChI=1S/C28H28F3NOS/c29-24-5-1-21(2-6-24)28(33,22-3-7-25(30)8-4-22)23-11-13-32(14-12-23)17-19-15-20-16-26(31)9-10-27(20)34-18-19/h1-10,16,19,23,33H,11-15,17-18H2. The summed E-state index contributed by atoms with van der Waals surface area (Å²) in [6.07, 6.45) is 2.43. The molecular formula is C28H28F3NOS. The summed E-state index contributed by atoms with van der Waals surface area (Å²) in [6.45, 7) is 2.63. The number of benzene rings is 3. The molecule has 3 aromatic rings. The topological polar surface area (TPSA) is 23.5 Å². The highest BCUT2D eigenvalue weighted by atomic mass is 32.2. The quantitative estimate of drug-likeness (QED) is 0.480. The zero-order valence-corrected chi connectivity index (χ0v) is 19.7. The molecule has 0 spiro atoms. The molecule has 1 saturated heterocycles. The second-order valence-electron chi connectivity index (χ2n) is 9.49. The number of fused-ring (bicyclic) bond motifs is 1. The van der Waals surface area contributed by atoms with E-state index in [1.54, 1.807) is 42.1 Å². The Balaban J connectivity index is 1.29. The number of thioether (sulfide) groups is 1. The summed E-state index contributed by atoms with van der Waals surface area (Å²) in [5, 5.41) is 12.0. The summed E-state index contributed by atoms with van der Waals surface area (Å²) in [5.74, 6) is 0.521. The Morgan fingerprint density at radius 2 is 1.38 bits per heavy atom. The van der Waals surface area contributed by atoms with Crippen LogP contribution in [0.3, 0.4) is 0 Å². The molecule has 1 atom stereocenters. The molecule has 1 N–H and O–H groups in total. The number of piperidine rings is 1. The van der Waals surface area contributed by atoms with E-state index in [2.05, 4.69) is 4.90 Å². The van der Waals surface area contributed by atoms with Crippen LogP contribution in [0, 0.1) is 29.3 Å². The van der Waals surface area contributed by atoms with E-state index in [-0.39, 0.29) is 23.4 Å². The van der Waals surface area contributed by atoms with Crippen molar-refractivity contribution in [2.45, 2.75) is 29.8 Å². The number of rotatable bonds is 5. The van der Waals surface area contributed by atoms with Gasteiger partial charge in [0, 0.05) is 17.2 Å². The Bertz CT molecular complexity index is 1080. The minimum absolute atomic E-state index is 0.0739. The van der Waals surface area contributed by atoms with Crippen LogP contribution < -0.4 is 0 Å². The second-order valence-corrected chi connectivity index (χ2v) is 10.6. The van der Waals surface area contributed by atoms with Crippen LogP contribution in [0.2, 0.25) is 0 Å². The van der Waals surface area contributed by atoms with Crippen molar-refractivity contribution in [3.8, 4) is 0 Å². The lowest BCUT2D eigenvalue weighted by molar-refractivity contribution is -0.0157. The molecule has 2 nitrogen and oxygen atoms in total. The van der Waals surface area contributed by atoms with E-state index in [0.717, 1.165) is 50.2 Å². The predicted molar refractivity (Wildman–Crippen MR) is 129 cm³/mol. The first kappa shape index (κ1) is 23.5. The molecule has 5 rings (SSSR count). The first-order chi connectivity index (χ1) is 16.4. The Hall–Kier alpha value is -2.28. The molecule has 1 unspecified atom stereocenters. The minimum Gasteiger partial charge on any atom is -0.380 e. The first-order valence-corrected chi connectivity index (χ1v) is 12.8. The van der Waals surface area contributed by atoms with Crippen LogP contribution in [0.25, 0.3) is 0 Å². The summed E-state index contributed by atoms with van der Waals surface area (Å²) < 4.78 is 40.9. The predicted octanol–water partition coefficient (Wildman–Crippen LogP) is 6.02. The molecule has 0 radical (unpaired) electrons. The smallest absolute Gasteiger partial charge is 0.123 e. The van der Waals surface area contributed by atoms with E-state index in [0.29, 0.717) is 17.0 Å². The molecule has 34 heavy (non-hydrogen) atoms. The van der Waals surface area contributed by atoms with Crippen LogP contribution in [-0.2, 0) is 12.0 Å².